The van der Waals surface area contributed by atoms with Crippen LogP contribution in [0.25, 0.3) is 11.4 Å². The standard InChI is InChI=1S/C18H16N4O5/c23-17-13-6-1-2-7-14(13)18(24)21(17)9-8-15-19-16(20-27-15)11-4-3-5-12(10-11)22(25)26/h1-5,10,13-14H,6-9H2/t13-,14+. The Morgan fingerprint density at radius 2 is 1.89 bits per heavy atom. The van der Waals surface area contributed by atoms with Crippen molar-refractivity contribution in [3.8, 4) is 11.4 Å². The first-order valence-corrected chi connectivity index (χ1v) is 8.62. The number of likely N-dealkylation sites (tertiary alicyclic amines) is 1. The van der Waals surface area contributed by atoms with Crippen molar-refractivity contribution in [2.24, 2.45) is 11.8 Å². The summed E-state index contributed by atoms with van der Waals surface area (Å²) < 4.78 is 5.18. The second kappa shape index (κ2) is 6.75. The number of allylic oxidation sites excluding steroid dienone is 2. The first kappa shape index (κ1) is 17.1. The highest BCUT2D eigenvalue weighted by atomic mass is 16.6. The van der Waals surface area contributed by atoms with Gasteiger partial charge in [-0.2, -0.15) is 4.98 Å². The molecule has 0 bridgehead atoms. The molecule has 0 saturated carbocycles. The van der Waals surface area contributed by atoms with Crippen LogP contribution in [-0.4, -0.2) is 38.3 Å². The van der Waals surface area contributed by atoms with Gasteiger partial charge in [0.2, 0.25) is 23.5 Å². The van der Waals surface area contributed by atoms with Crippen LogP contribution in [0.4, 0.5) is 5.69 Å². The van der Waals surface area contributed by atoms with Gasteiger partial charge in [0, 0.05) is 30.7 Å². The molecular weight excluding hydrogens is 352 g/mol. The van der Waals surface area contributed by atoms with Gasteiger partial charge in [-0.25, -0.2) is 0 Å². The molecule has 2 amide bonds. The summed E-state index contributed by atoms with van der Waals surface area (Å²) in [4.78, 5) is 40.8. The monoisotopic (exact) mass is 368 g/mol. The first-order valence-electron chi connectivity index (χ1n) is 8.62. The van der Waals surface area contributed by atoms with Crippen LogP contribution in [0.1, 0.15) is 18.7 Å². The smallest absolute Gasteiger partial charge is 0.270 e. The van der Waals surface area contributed by atoms with E-state index in [1.807, 2.05) is 12.2 Å². The number of non-ortho nitro benzene ring substituents is 1. The fraction of sp³-hybridized carbons (Fsp3) is 0.333. The van der Waals surface area contributed by atoms with Crippen LogP contribution in [0.2, 0.25) is 0 Å². The van der Waals surface area contributed by atoms with Crippen molar-refractivity contribution >= 4 is 17.5 Å². The number of nitro groups is 1. The zero-order chi connectivity index (χ0) is 19.0. The van der Waals surface area contributed by atoms with E-state index in [4.69, 9.17) is 4.52 Å². The highest BCUT2D eigenvalue weighted by Crippen LogP contribution is 2.35. The Morgan fingerprint density at radius 3 is 2.56 bits per heavy atom. The lowest BCUT2D eigenvalue weighted by atomic mass is 9.85. The summed E-state index contributed by atoms with van der Waals surface area (Å²) >= 11 is 0. The Hall–Kier alpha value is -3.36. The SMILES string of the molecule is O=C1[C@H]2CC=CC[C@H]2C(=O)N1CCc1nc(-c2cccc([N+](=O)[O-])c2)no1. The fourth-order valence-corrected chi connectivity index (χ4v) is 3.53. The molecule has 9 heteroatoms. The lowest BCUT2D eigenvalue weighted by molar-refractivity contribution is -0.384. The molecule has 1 fully saturated rings. The second-order valence-electron chi connectivity index (χ2n) is 6.55. The normalized spacial score (nSPS) is 21.6. The summed E-state index contributed by atoms with van der Waals surface area (Å²) in [6, 6.07) is 5.93. The van der Waals surface area contributed by atoms with Crippen molar-refractivity contribution in [2.45, 2.75) is 19.3 Å². The lowest BCUT2D eigenvalue weighted by Gasteiger charge is -2.14. The van der Waals surface area contributed by atoms with E-state index in [2.05, 4.69) is 10.1 Å². The minimum Gasteiger partial charge on any atom is -0.339 e. The Bertz CT molecular complexity index is 925. The zero-order valence-electron chi connectivity index (χ0n) is 14.3. The molecule has 0 N–H and O–H groups in total. The van der Waals surface area contributed by atoms with E-state index in [1.54, 1.807) is 12.1 Å². The quantitative estimate of drug-likeness (QED) is 0.343. The molecule has 2 aromatic rings. The third-order valence-electron chi connectivity index (χ3n) is 4.93. The lowest BCUT2D eigenvalue weighted by Crippen LogP contribution is -2.33. The zero-order valence-corrected chi connectivity index (χ0v) is 14.3. The van der Waals surface area contributed by atoms with E-state index >= 15 is 0 Å². The predicted molar refractivity (Wildman–Crippen MR) is 92.2 cm³/mol. The molecule has 0 radical (unpaired) electrons. The number of imide groups is 1. The van der Waals surface area contributed by atoms with Gasteiger partial charge in [-0.3, -0.25) is 24.6 Å². The highest BCUT2D eigenvalue weighted by molar-refractivity contribution is 6.05. The van der Waals surface area contributed by atoms with E-state index in [9.17, 15) is 19.7 Å². The summed E-state index contributed by atoms with van der Waals surface area (Å²) in [5, 5.41) is 14.7. The van der Waals surface area contributed by atoms with Crippen molar-refractivity contribution in [3.63, 3.8) is 0 Å². The summed E-state index contributed by atoms with van der Waals surface area (Å²) in [5.41, 5.74) is 0.396. The van der Waals surface area contributed by atoms with Crippen LogP contribution in [0.15, 0.2) is 40.9 Å². The van der Waals surface area contributed by atoms with E-state index in [0.29, 0.717) is 18.4 Å². The minimum atomic E-state index is -0.497. The minimum absolute atomic E-state index is 0.0664. The van der Waals surface area contributed by atoms with Gasteiger partial charge in [-0.05, 0) is 12.8 Å². The molecule has 138 valence electrons. The molecule has 2 atom stereocenters. The van der Waals surface area contributed by atoms with Gasteiger partial charge in [0.05, 0.1) is 16.8 Å². The molecule has 9 nitrogen and oxygen atoms in total. The highest BCUT2D eigenvalue weighted by Gasteiger charge is 2.46. The van der Waals surface area contributed by atoms with Gasteiger partial charge in [-0.1, -0.05) is 29.4 Å². The number of amides is 2. The number of rotatable bonds is 5. The van der Waals surface area contributed by atoms with Gasteiger partial charge in [0.1, 0.15) is 0 Å². The molecule has 1 aliphatic heterocycles. The Kier molecular flexibility index (Phi) is 4.27. The number of aromatic nitrogens is 2. The molecule has 1 aromatic heterocycles. The van der Waals surface area contributed by atoms with Crippen molar-refractivity contribution in [1.82, 2.24) is 15.0 Å². The van der Waals surface area contributed by atoms with Crippen LogP contribution >= 0.6 is 0 Å². The third-order valence-corrected chi connectivity index (χ3v) is 4.93. The average molecular weight is 368 g/mol. The topological polar surface area (TPSA) is 119 Å². The number of carbonyl (C=O) groups excluding carboxylic acids is 2. The Labute approximate surface area is 153 Å². The molecule has 1 saturated heterocycles. The van der Waals surface area contributed by atoms with Gasteiger partial charge in [-0.15, -0.1) is 0 Å². The maximum absolute atomic E-state index is 12.4. The number of hydrogen-bond acceptors (Lipinski definition) is 7. The number of nitrogens with zero attached hydrogens (tertiary/aromatic N) is 4. The number of fused-ring (bicyclic) bond motifs is 1. The molecule has 2 heterocycles. The van der Waals surface area contributed by atoms with Crippen molar-refractivity contribution < 1.29 is 19.0 Å². The number of nitro benzene ring substituents is 1. The molecule has 2 aliphatic rings. The molecule has 1 aliphatic carbocycles. The summed E-state index contributed by atoms with van der Waals surface area (Å²) in [6.45, 7) is 0.182. The van der Waals surface area contributed by atoms with Gasteiger partial charge < -0.3 is 4.52 Å². The maximum atomic E-state index is 12.4. The van der Waals surface area contributed by atoms with Crippen molar-refractivity contribution in [2.75, 3.05) is 6.54 Å². The summed E-state index contributed by atoms with van der Waals surface area (Å²) in [5.74, 6) is -0.312. The average Bonchev–Trinajstić information content (AvgIpc) is 3.25. The fourth-order valence-electron chi connectivity index (χ4n) is 3.53. The second-order valence-corrected chi connectivity index (χ2v) is 6.55. The van der Waals surface area contributed by atoms with Gasteiger partial charge >= 0.3 is 0 Å². The van der Waals surface area contributed by atoms with E-state index in [1.165, 1.54) is 17.0 Å². The molecule has 0 unspecified atom stereocenters. The molecular formula is C18H16N4O5. The maximum Gasteiger partial charge on any atom is 0.270 e. The number of hydrogen-bond donors (Lipinski definition) is 0. The van der Waals surface area contributed by atoms with Gasteiger partial charge in [0.25, 0.3) is 5.69 Å². The third kappa shape index (κ3) is 3.12. The van der Waals surface area contributed by atoms with Crippen LogP contribution < -0.4 is 0 Å². The number of benzene rings is 1. The van der Waals surface area contributed by atoms with Crippen LogP contribution in [0.5, 0.6) is 0 Å². The van der Waals surface area contributed by atoms with Crippen LogP contribution in [0.3, 0.4) is 0 Å². The summed E-state index contributed by atoms with van der Waals surface area (Å²) in [6.07, 6.45) is 5.33. The molecule has 27 heavy (non-hydrogen) atoms. The molecule has 1 aromatic carbocycles. The van der Waals surface area contributed by atoms with Crippen molar-refractivity contribution in [3.05, 3.63) is 52.4 Å². The van der Waals surface area contributed by atoms with E-state index in [-0.39, 0.29) is 54.0 Å². The van der Waals surface area contributed by atoms with E-state index in [0.717, 1.165) is 0 Å². The molecule has 4 rings (SSSR count). The largest absolute Gasteiger partial charge is 0.339 e. The molecule has 0 spiro atoms. The van der Waals surface area contributed by atoms with E-state index < -0.39 is 4.92 Å². The predicted octanol–water partition coefficient (Wildman–Crippen LogP) is 2.14. The van der Waals surface area contributed by atoms with Gasteiger partial charge in [0.15, 0.2) is 0 Å². The summed E-state index contributed by atoms with van der Waals surface area (Å²) in [7, 11) is 0. The van der Waals surface area contributed by atoms with Crippen LogP contribution in [-0.2, 0) is 16.0 Å². The Balaban J connectivity index is 1.45. The number of carbonyl (C=O) groups is 2. The van der Waals surface area contributed by atoms with Crippen LogP contribution in [0, 0.1) is 22.0 Å². The Morgan fingerprint density at radius 1 is 1.19 bits per heavy atom. The first-order chi connectivity index (χ1) is 13.0. The van der Waals surface area contributed by atoms with Crippen molar-refractivity contribution in [1.29, 1.82) is 0 Å².